The lowest BCUT2D eigenvalue weighted by Crippen LogP contribution is -2.14. The Morgan fingerprint density at radius 3 is 2.88 bits per heavy atom. The van der Waals surface area contributed by atoms with Gasteiger partial charge in [0, 0.05) is 28.2 Å². The molecule has 2 rings (SSSR count). The Balaban J connectivity index is 2.08. The second-order valence-corrected chi connectivity index (χ2v) is 5.45. The summed E-state index contributed by atoms with van der Waals surface area (Å²) in [7, 11) is 0. The van der Waals surface area contributed by atoms with Crippen molar-refractivity contribution in [1.82, 2.24) is 9.97 Å². The topological polar surface area (TPSA) is 51.8 Å². The molecule has 0 radical (unpaired) electrons. The maximum Gasteiger partial charge on any atom is 0.0947 e. The standard InChI is InChI=1S/C11H12BrN3S/c1-7-6-16-11(15-7)4-9(13)10-3-2-8(12)5-14-10/h2-3,5-6,9H,4,13H2,1H3. The highest BCUT2D eigenvalue weighted by Gasteiger charge is 2.10. The van der Waals surface area contributed by atoms with Crippen LogP contribution in [-0.4, -0.2) is 9.97 Å². The molecule has 2 heterocycles. The summed E-state index contributed by atoms with van der Waals surface area (Å²) in [5, 5.41) is 3.10. The molecule has 0 amide bonds. The van der Waals surface area contributed by atoms with Gasteiger partial charge in [-0.25, -0.2) is 4.98 Å². The van der Waals surface area contributed by atoms with Crippen LogP contribution in [0.25, 0.3) is 0 Å². The molecule has 0 aromatic carbocycles. The van der Waals surface area contributed by atoms with Crippen LogP contribution in [0, 0.1) is 6.92 Å². The van der Waals surface area contributed by atoms with Crippen LogP contribution in [0.3, 0.4) is 0 Å². The molecule has 3 nitrogen and oxygen atoms in total. The van der Waals surface area contributed by atoms with Crippen molar-refractivity contribution in [2.45, 2.75) is 19.4 Å². The Morgan fingerprint density at radius 2 is 2.31 bits per heavy atom. The van der Waals surface area contributed by atoms with Gasteiger partial charge < -0.3 is 5.73 Å². The van der Waals surface area contributed by atoms with E-state index < -0.39 is 0 Å². The lowest BCUT2D eigenvalue weighted by molar-refractivity contribution is 0.692. The molecule has 0 aliphatic carbocycles. The van der Waals surface area contributed by atoms with E-state index in [0.29, 0.717) is 0 Å². The van der Waals surface area contributed by atoms with Crippen molar-refractivity contribution in [2.24, 2.45) is 5.73 Å². The van der Waals surface area contributed by atoms with E-state index in [0.717, 1.165) is 27.3 Å². The van der Waals surface area contributed by atoms with Crippen molar-refractivity contribution in [3.8, 4) is 0 Å². The molecular weight excluding hydrogens is 286 g/mol. The van der Waals surface area contributed by atoms with E-state index in [9.17, 15) is 0 Å². The van der Waals surface area contributed by atoms with Crippen molar-refractivity contribution in [1.29, 1.82) is 0 Å². The van der Waals surface area contributed by atoms with Crippen molar-refractivity contribution in [3.63, 3.8) is 0 Å². The molecule has 5 heteroatoms. The Labute approximate surface area is 107 Å². The zero-order chi connectivity index (χ0) is 11.5. The summed E-state index contributed by atoms with van der Waals surface area (Å²) in [6.45, 7) is 1.99. The van der Waals surface area contributed by atoms with Crippen LogP contribution in [0.5, 0.6) is 0 Å². The fourth-order valence-electron chi connectivity index (χ4n) is 1.40. The summed E-state index contributed by atoms with van der Waals surface area (Å²) < 4.78 is 0.966. The first-order valence-electron chi connectivity index (χ1n) is 4.93. The maximum absolute atomic E-state index is 6.08. The minimum atomic E-state index is -0.0846. The Kier molecular flexibility index (Phi) is 3.68. The number of rotatable bonds is 3. The molecule has 0 bridgehead atoms. The quantitative estimate of drug-likeness (QED) is 0.948. The number of thiazole rings is 1. The minimum Gasteiger partial charge on any atom is -0.322 e. The lowest BCUT2D eigenvalue weighted by atomic mass is 10.1. The number of hydrogen-bond donors (Lipinski definition) is 1. The first-order valence-corrected chi connectivity index (χ1v) is 6.60. The third-order valence-electron chi connectivity index (χ3n) is 2.19. The van der Waals surface area contributed by atoms with E-state index in [-0.39, 0.29) is 6.04 Å². The van der Waals surface area contributed by atoms with Gasteiger partial charge in [0.2, 0.25) is 0 Å². The molecule has 0 saturated carbocycles. The molecule has 0 aliphatic rings. The molecule has 2 aromatic heterocycles. The molecule has 84 valence electrons. The molecule has 0 spiro atoms. The molecule has 0 aliphatic heterocycles. The van der Waals surface area contributed by atoms with Crippen molar-refractivity contribution < 1.29 is 0 Å². The molecule has 16 heavy (non-hydrogen) atoms. The van der Waals surface area contributed by atoms with E-state index in [2.05, 4.69) is 25.9 Å². The van der Waals surface area contributed by atoms with Crippen molar-refractivity contribution in [3.05, 3.63) is 44.6 Å². The van der Waals surface area contributed by atoms with E-state index in [1.165, 1.54) is 0 Å². The first-order chi connectivity index (χ1) is 7.65. The predicted octanol–water partition coefficient (Wildman–Crippen LogP) is 2.85. The number of aromatic nitrogens is 2. The van der Waals surface area contributed by atoms with Crippen molar-refractivity contribution in [2.75, 3.05) is 0 Å². The summed E-state index contributed by atoms with van der Waals surface area (Å²) in [6, 6.07) is 3.81. The van der Waals surface area contributed by atoms with E-state index in [1.807, 2.05) is 24.4 Å². The van der Waals surface area contributed by atoms with Crippen LogP contribution in [-0.2, 0) is 6.42 Å². The highest BCUT2D eigenvalue weighted by atomic mass is 79.9. The average Bonchev–Trinajstić information content (AvgIpc) is 2.65. The Bertz CT molecular complexity index is 466. The summed E-state index contributed by atoms with van der Waals surface area (Å²) in [4.78, 5) is 8.68. The number of nitrogens with zero attached hydrogens (tertiary/aromatic N) is 2. The average molecular weight is 298 g/mol. The molecule has 2 N–H and O–H groups in total. The summed E-state index contributed by atoms with van der Waals surface area (Å²) >= 11 is 5.00. The van der Waals surface area contributed by atoms with E-state index in [4.69, 9.17) is 5.73 Å². The van der Waals surface area contributed by atoms with Crippen LogP contribution in [0.15, 0.2) is 28.2 Å². The summed E-state index contributed by atoms with van der Waals surface area (Å²) in [6.07, 6.45) is 2.51. The molecule has 2 aromatic rings. The lowest BCUT2D eigenvalue weighted by Gasteiger charge is -2.08. The number of aryl methyl sites for hydroxylation is 1. The van der Waals surface area contributed by atoms with Gasteiger partial charge in [-0.2, -0.15) is 0 Å². The number of nitrogens with two attached hydrogens (primary N) is 1. The van der Waals surface area contributed by atoms with Gasteiger partial charge in [0.05, 0.1) is 16.7 Å². The first kappa shape index (κ1) is 11.7. The molecule has 1 unspecified atom stereocenters. The maximum atomic E-state index is 6.08. The van der Waals surface area contributed by atoms with Crippen LogP contribution in [0.4, 0.5) is 0 Å². The monoisotopic (exact) mass is 297 g/mol. The highest BCUT2D eigenvalue weighted by Crippen LogP contribution is 2.18. The van der Waals surface area contributed by atoms with E-state index in [1.54, 1.807) is 17.5 Å². The van der Waals surface area contributed by atoms with Gasteiger partial charge in [-0.3, -0.25) is 4.98 Å². The number of pyridine rings is 1. The highest BCUT2D eigenvalue weighted by molar-refractivity contribution is 9.10. The smallest absolute Gasteiger partial charge is 0.0947 e. The number of hydrogen-bond acceptors (Lipinski definition) is 4. The number of halogens is 1. The Morgan fingerprint density at radius 1 is 1.50 bits per heavy atom. The summed E-state index contributed by atoms with van der Waals surface area (Å²) in [5.74, 6) is 0. The third kappa shape index (κ3) is 2.87. The SMILES string of the molecule is Cc1csc(CC(N)c2ccc(Br)cn2)n1. The van der Waals surface area contributed by atoms with Gasteiger partial charge in [-0.15, -0.1) is 11.3 Å². The van der Waals surface area contributed by atoms with Gasteiger partial charge in [0.1, 0.15) is 0 Å². The second-order valence-electron chi connectivity index (χ2n) is 3.59. The van der Waals surface area contributed by atoms with Crippen LogP contribution >= 0.6 is 27.3 Å². The molecule has 1 atom stereocenters. The van der Waals surface area contributed by atoms with Crippen LogP contribution in [0.1, 0.15) is 22.4 Å². The summed E-state index contributed by atoms with van der Waals surface area (Å²) in [5.41, 5.74) is 8.03. The van der Waals surface area contributed by atoms with E-state index >= 15 is 0 Å². The van der Waals surface area contributed by atoms with Gasteiger partial charge in [0.25, 0.3) is 0 Å². The largest absolute Gasteiger partial charge is 0.322 e. The fourth-order valence-corrected chi connectivity index (χ4v) is 2.46. The third-order valence-corrected chi connectivity index (χ3v) is 3.65. The van der Waals surface area contributed by atoms with Crippen molar-refractivity contribution >= 4 is 27.3 Å². The Hall–Kier alpha value is -0.780. The zero-order valence-electron chi connectivity index (χ0n) is 8.85. The normalized spacial score (nSPS) is 12.7. The van der Waals surface area contributed by atoms with Gasteiger partial charge in [-0.1, -0.05) is 0 Å². The predicted molar refractivity (Wildman–Crippen MR) is 69.4 cm³/mol. The van der Waals surface area contributed by atoms with Gasteiger partial charge in [-0.05, 0) is 35.0 Å². The van der Waals surface area contributed by atoms with Crippen LogP contribution < -0.4 is 5.73 Å². The van der Waals surface area contributed by atoms with Crippen LogP contribution in [0.2, 0.25) is 0 Å². The molecular formula is C11H12BrN3S. The minimum absolute atomic E-state index is 0.0846. The zero-order valence-corrected chi connectivity index (χ0v) is 11.3. The second kappa shape index (κ2) is 5.03. The molecule has 0 saturated heterocycles. The fraction of sp³-hybridized carbons (Fsp3) is 0.273. The van der Waals surface area contributed by atoms with Gasteiger partial charge in [0.15, 0.2) is 0 Å². The van der Waals surface area contributed by atoms with Gasteiger partial charge >= 0.3 is 0 Å². The molecule has 0 fully saturated rings.